The van der Waals surface area contributed by atoms with Crippen molar-refractivity contribution in [2.45, 2.75) is 47.0 Å². The summed E-state index contributed by atoms with van der Waals surface area (Å²) in [5.74, 6) is 0. The van der Waals surface area contributed by atoms with E-state index in [1.807, 2.05) is 0 Å². The van der Waals surface area contributed by atoms with Crippen molar-refractivity contribution in [3.63, 3.8) is 0 Å². The maximum atomic E-state index is 11.1. The number of nitrogens with zero attached hydrogens (tertiary/aromatic N) is 1. The van der Waals surface area contributed by atoms with Gasteiger partial charge in [0.25, 0.3) is 0 Å². The Kier molecular flexibility index (Phi) is 3.93. The zero-order valence-electron chi connectivity index (χ0n) is 10.7. The lowest BCUT2D eigenvalue weighted by Crippen LogP contribution is -2.45. The number of hydrogen-bond donors (Lipinski definition) is 0. The zero-order chi connectivity index (χ0) is 11.5. The third-order valence-corrected chi connectivity index (χ3v) is 3.66. The molecule has 0 aliphatic carbocycles. The standard InChI is InChI=1S/C13H25NO/c1-5-13(4,11-15)10-14-8-6-7-12(2,3)9-14/h11H,5-10H2,1-4H3. The van der Waals surface area contributed by atoms with Crippen molar-refractivity contribution in [2.24, 2.45) is 10.8 Å². The van der Waals surface area contributed by atoms with Crippen LogP contribution in [0.1, 0.15) is 47.0 Å². The summed E-state index contributed by atoms with van der Waals surface area (Å²) in [5.41, 5.74) is 0.281. The van der Waals surface area contributed by atoms with E-state index in [0.717, 1.165) is 32.3 Å². The van der Waals surface area contributed by atoms with Crippen LogP contribution in [0.3, 0.4) is 0 Å². The molecule has 1 unspecified atom stereocenters. The third kappa shape index (κ3) is 3.60. The van der Waals surface area contributed by atoms with Crippen LogP contribution in [0.25, 0.3) is 0 Å². The molecule has 0 saturated carbocycles. The minimum absolute atomic E-state index is 0.145. The first-order valence-corrected chi connectivity index (χ1v) is 6.09. The summed E-state index contributed by atoms with van der Waals surface area (Å²) in [6, 6.07) is 0. The highest BCUT2D eigenvalue weighted by Crippen LogP contribution is 2.30. The number of rotatable bonds is 4. The number of aldehydes is 1. The van der Waals surface area contributed by atoms with Crippen LogP contribution < -0.4 is 0 Å². The molecular formula is C13H25NO. The van der Waals surface area contributed by atoms with Crippen molar-refractivity contribution in [2.75, 3.05) is 19.6 Å². The zero-order valence-corrected chi connectivity index (χ0v) is 10.7. The van der Waals surface area contributed by atoms with Gasteiger partial charge in [0.1, 0.15) is 6.29 Å². The summed E-state index contributed by atoms with van der Waals surface area (Å²) < 4.78 is 0. The molecule has 0 radical (unpaired) electrons. The summed E-state index contributed by atoms with van der Waals surface area (Å²) in [7, 11) is 0. The van der Waals surface area contributed by atoms with Gasteiger partial charge in [-0.3, -0.25) is 0 Å². The van der Waals surface area contributed by atoms with Crippen molar-refractivity contribution >= 4 is 6.29 Å². The van der Waals surface area contributed by atoms with E-state index in [1.165, 1.54) is 12.8 Å². The average Bonchev–Trinajstić information content (AvgIpc) is 2.16. The van der Waals surface area contributed by atoms with Gasteiger partial charge in [-0.2, -0.15) is 0 Å². The van der Waals surface area contributed by atoms with Crippen LogP contribution >= 0.6 is 0 Å². The molecule has 1 saturated heterocycles. The molecule has 0 spiro atoms. The molecule has 0 N–H and O–H groups in total. The van der Waals surface area contributed by atoms with E-state index in [0.29, 0.717) is 5.41 Å². The van der Waals surface area contributed by atoms with E-state index < -0.39 is 0 Å². The summed E-state index contributed by atoms with van der Waals surface area (Å²) in [6.07, 6.45) is 4.65. The summed E-state index contributed by atoms with van der Waals surface area (Å²) in [6.45, 7) is 12.0. The lowest BCUT2D eigenvalue weighted by Gasteiger charge is -2.41. The van der Waals surface area contributed by atoms with E-state index in [-0.39, 0.29) is 5.41 Å². The fraction of sp³-hybridized carbons (Fsp3) is 0.923. The van der Waals surface area contributed by atoms with Crippen LogP contribution in [0.4, 0.5) is 0 Å². The van der Waals surface area contributed by atoms with Gasteiger partial charge in [-0.15, -0.1) is 0 Å². The molecule has 1 aliphatic rings. The molecule has 0 aromatic carbocycles. The van der Waals surface area contributed by atoms with Gasteiger partial charge in [0.15, 0.2) is 0 Å². The highest BCUT2D eigenvalue weighted by molar-refractivity contribution is 5.58. The van der Waals surface area contributed by atoms with E-state index in [1.54, 1.807) is 0 Å². The third-order valence-electron chi connectivity index (χ3n) is 3.66. The first kappa shape index (κ1) is 12.7. The van der Waals surface area contributed by atoms with E-state index in [4.69, 9.17) is 0 Å². The SMILES string of the molecule is CCC(C)(C=O)CN1CCCC(C)(C)C1. The first-order valence-electron chi connectivity index (χ1n) is 6.09. The van der Waals surface area contributed by atoms with Gasteiger partial charge < -0.3 is 9.69 Å². The Morgan fingerprint density at radius 3 is 2.60 bits per heavy atom. The number of piperidine rings is 1. The highest BCUT2D eigenvalue weighted by atomic mass is 16.1. The molecule has 15 heavy (non-hydrogen) atoms. The van der Waals surface area contributed by atoms with Gasteiger partial charge in [-0.05, 0) is 31.2 Å². The molecule has 0 aromatic rings. The maximum absolute atomic E-state index is 11.1. The Balaban J connectivity index is 2.54. The topological polar surface area (TPSA) is 20.3 Å². The van der Waals surface area contributed by atoms with Gasteiger partial charge in [-0.25, -0.2) is 0 Å². The molecule has 0 amide bonds. The predicted octanol–water partition coefficient (Wildman–Crippen LogP) is 2.72. The monoisotopic (exact) mass is 211 g/mol. The van der Waals surface area contributed by atoms with Crippen molar-refractivity contribution in [1.82, 2.24) is 4.90 Å². The number of carbonyl (C=O) groups is 1. The average molecular weight is 211 g/mol. The second kappa shape index (κ2) is 4.65. The predicted molar refractivity (Wildman–Crippen MR) is 63.9 cm³/mol. The Hall–Kier alpha value is -0.370. The lowest BCUT2D eigenvalue weighted by atomic mass is 9.82. The molecule has 1 fully saturated rings. The number of hydrogen-bond acceptors (Lipinski definition) is 2. The molecule has 0 aromatic heterocycles. The van der Waals surface area contributed by atoms with Crippen LogP contribution in [0.15, 0.2) is 0 Å². The second-order valence-electron chi connectivity index (χ2n) is 6.10. The minimum Gasteiger partial charge on any atom is -0.303 e. The molecular weight excluding hydrogens is 186 g/mol. The number of likely N-dealkylation sites (tertiary alicyclic amines) is 1. The highest BCUT2D eigenvalue weighted by Gasteiger charge is 2.31. The molecule has 0 bridgehead atoms. The molecule has 1 rings (SSSR count). The van der Waals surface area contributed by atoms with Gasteiger partial charge in [-0.1, -0.05) is 27.7 Å². The molecule has 1 aliphatic heterocycles. The fourth-order valence-electron chi connectivity index (χ4n) is 2.42. The summed E-state index contributed by atoms with van der Waals surface area (Å²) >= 11 is 0. The normalized spacial score (nSPS) is 25.9. The van der Waals surface area contributed by atoms with E-state index in [9.17, 15) is 4.79 Å². The Morgan fingerprint density at radius 2 is 2.13 bits per heavy atom. The van der Waals surface area contributed by atoms with Crippen LogP contribution in [0, 0.1) is 10.8 Å². The summed E-state index contributed by atoms with van der Waals surface area (Å²) in [4.78, 5) is 13.5. The quantitative estimate of drug-likeness (QED) is 0.666. The molecule has 88 valence electrons. The van der Waals surface area contributed by atoms with Gasteiger partial charge >= 0.3 is 0 Å². The van der Waals surface area contributed by atoms with Crippen LogP contribution in [-0.2, 0) is 4.79 Å². The van der Waals surface area contributed by atoms with Gasteiger partial charge in [0, 0.05) is 18.5 Å². The smallest absolute Gasteiger partial charge is 0.127 e. The maximum Gasteiger partial charge on any atom is 0.127 e. The first-order chi connectivity index (χ1) is 6.91. The van der Waals surface area contributed by atoms with Crippen molar-refractivity contribution in [3.05, 3.63) is 0 Å². The summed E-state index contributed by atoms with van der Waals surface area (Å²) in [5, 5.41) is 0. The Labute approximate surface area is 94.0 Å². The van der Waals surface area contributed by atoms with Crippen molar-refractivity contribution < 1.29 is 4.79 Å². The number of carbonyl (C=O) groups excluding carboxylic acids is 1. The van der Waals surface area contributed by atoms with Crippen LogP contribution in [-0.4, -0.2) is 30.8 Å². The molecule has 1 atom stereocenters. The van der Waals surface area contributed by atoms with Crippen LogP contribution in [0.2, 0.25) is 0 Å². The Morgan fingerprint density at radius 1 is 1.47 bits per heavy atom. The molecule has 2 heteroatoms. The lowest BCUT2D eigenvalue weighted by molar-refractivity contribution is -0.117. The van der Waals surface area contributed by atoms with Crippen molar-refractivity contribution in [1.29, 1.82) is 0 Å². The van der Waals surface area contributed by atoms with E-state index in [2.05, 4.69) is 32.6 Å². The van der Waals surface area contributed by atoms with Crippen molar-refractivity contribution in [3.8, 4) is 0 Å². The fourth-order valence-corrected chi connectivity index (χ4v) is 2.42. The van der Waals surface area contributed by atoms with E-state index >= 15 is 0 Å². The van der Waals surface area contributed by atoms with Gasteiger partial charge in [0.05, 0.1) is 0 Å². The second-order valence-corrected chi connectivity index (χ2v) is 6.10. The largest absolute Gasteiger partial charge is 0.303 e. The van der Waals surface area contributed by atoms with Gasteiger partial charge in [0.2, 0.25) is 0 Å². The Bertz CT molecular complexity index is 225. The molecule has 2 nitrogen and oxygen atoms in total. The molecule has 1 heterocycles. The minimum atomic E-state index is -0.145. The van der Waals surface area contributed by atoms with Crippen LogP contribution in [0.5, 0.6) is 0 Å².